The quantitative estimate of drug-likeness (QED) is 0.927. The summed E-state index contributed by atoms with van der Waals surface area (Å²) >= 11 is 0. The molecule has 1 saturated heterocycles. The highest BCUT2D eigenvalue weighted by atomic mass is 32.2. The number of likely N-dealkylation sites (tertiary alicyclic amines) is 1. The SMILES string of the molecule is CCC1CCCN(C(=O)c2ccccc2S(N)(=O)=O)CC1. The van der Waals surface area contributed by atoms with Crippen LogP contribution >= 0.6 is 0 Å². The van der Waals surface area contributed by atoms with Crippen LogP contribution in [0.4, 0.5) is 0 Å². The second kappa shape index (κ2) is 6.58. The molecule has 21 heavy (non-hydrogen) atoms. The minimum Gasteiger partial charge on any atom is -0.339 e. The van der Waals surface area contributed by atoms with Crippen LogP contribution in [0.15, 0.2) is 29.2 Å². The smallest absolute Gasteiger partial charge is 0.255 e. The number of benzene rings is 1. The number of amides is 1. The van der Waals surface area contributed by atoms with Crippen LogP contribution in [-0.2, 0) is 10.0 Å². The Kier molecular flexibility index (Phi) is 5.00. The second-order valence-corrected chi connectivity index (χ2v) is 7.07. The molecule has 1 aliphatic rings. The molecular formula is C15H22N2O3S. The van der Waals surface area contributed by atoms with Crippen molar-refractivity contribution in [2.45, 2.75) is 37.5 Å². The van der Waals surface area contributed by atoms with Gasteiger partial charge in [0, 0.05) is 13.1 Å². The summed E-state index contributed by atoms with van der Waals surface area (Å²) in [5.74, 6) is 0.410. The zero-order valence-corrected chi connectivity index (χ0v) is 13.1. The Hall–Kier alpha value is -1.40. The Labute approximate surface area is 126 Å². The first-order valence-electron chi connectivity index (χ1n) is 7.34. The van der Waals surface area contributed by atoms with Crippen LogP contribution in [0.2, 0.25) is 0 Å². The average molecular weight is 310 g/mol. The van der Waals surface area contributed by atoms with E-state index in [-0.39, 0.29) is 16.4 Å². The van der Waals surface area contributed by atoms with Crippen molar-refractivity contribution in [2.75, 3.05) is 13.1 Å². The summed E-state index contributed by atoms with van der Waals surface area (Å²) in [7, 11) is -3.89. The van der Waals surface area contributed by atoms with Gasteiger partial charge in [0.1, 0.15) is 0 Å². The molecule has 1 atom stereocenters. The van der Waals surface area contributed by atoms with E-state index in [1.54, 1.807) is 17.0 Å². The number of primary sulfonamides is 1. The molecule has 0 radical (unpaired) electrons. The van der Waals surface area contributed by atoms with E-state index in [0.29, 0.717) is 19.0 Å². The lowest BCUT2D eigenvalue weighted by Gasteiger charge is -2.21. The van der Waals surface area contributed by atoms with E-state index < -0.39 is 10.0 Å². The highest BCUT2D eigenvalue weighted by Gasteiger charge is 2.25. The lowest BCUT2D eigenvalue weighted by molar-refractivity contribution is 0.0756. The first-order chi connectivity index (χ1) is 9.93. The largest absolute Gasteiger partial charge is 0.339 e. The lowest BCUT2D eigenvalue weighted by Crippen LogP contribution is -2.33. The van der Waals surface area contributed by atoms with Crippen LogP contribution in [0.25, 0.3) is 0 Å². The maximum absolute atomic E-state index is 12.6. The number of hydrogen-bond acceptors (Lipinski definition) is 3. The van der Waals surface area contributed by atoms with Crippen LogP contribution in [0.1, 0.15) is 43.0 Å². The van der Waals surface area contributed by atoms with Crippen molar-refractivity contribution in [3.8, 4) is 0 Å². The number of hydrogen-bond donors (Lipinski definition) is 1. The third kappa shape index (κ3) is 3.83. The maximum Gasteiger partial charge on any atom is 0.255 e. The van der Waals surface area contributed by atoms with Gasteiger partial charge in [-0.1, -0.05) is 25.5 Å². The number of carbonyl (C=O) groups is 1. The molecule has 0 saturated carbocycles. The summed E-state index contributed by atoms with van der Waals surface area (Å²) in [6, 6.07) is 6.15. The highest BCUT2D eigenvalue weighted by Crippen LogP contribution is 2.23. The number of rotatable bonds is 3. The van der Waals surface area contributed by atoms with E-state index in [2.05, 4.69) is 6.92 Å². The predicted octanol–water partition coefficient (Wildman–Crippen LogP) is 1.99. The van der Waals surface area contributed by atoms with Crippen LogP contribution < -0.4 is 5.14 Å². The van der Waals surface area contributed by atoms with E-state index >= 15 is 0 Å². The van der Waals surface area contributed by atoms with Crippen LogP contribution in [0, 0.1) is 5.92 Å². The van der Waals surface area contributed by atoms with E-state index in [0.717, 1.165) is 25.7 Å². The summed E-state index contributed by atoms with van der Waals surface area (Å²) in [4.78, 5) is 14.3. The molecule has 1 aromatic carbocycles. The van der Waals surface area contributed by atoms with Gasteiger partial charge in [-0.15, -0.1) is 0 Å². The van der Waals surface area contributed by atoms with Gasteiger partial charge in [0.2, 0.25) is 10.0 Å². The summed E-state index contributed by atoms with van der Waals surface area (Å²) < 4.78 is 23.2. The second-order valence-electron chi connectivity index (χ2n) is 5.54. The molecule has 1 heterocycles. The fourth-order valence-corrected chi connectivity index (χ4v) is 3.57. The van der Waals surface area contributed by atoms with Gasteiger partial charge in [-0.2, -0.15) is 0 Å². The standard InChI is InChI=1S/C15H22N2O3S/c1-2-12-6-5-10-17(11-9-12)15(18)13-7-3-4-8-14(13)21(16,19)20/h3-4,7-8,12H,2,5-6,9-11H2,1H3,(H2,16,19,20). The van der Waals surface area contributed by atoms with Gasteiger partial charge in [-0.05, 0) is 37.3 Å². The van der Waals surface area contributed by atoms with Crippen LogP contribution in [-0.4, -0.2) is 32.3 Å². The van der Waals surface area contributed by atoms with Crippen LogP contribution in [0.5, 0.6) is 0 Å². The van der Waals surface area contributed by atoms with Crippen molar-refractivity contribution in [2.24, 2.45) is 11.1 Å². The summed E-state index contributed by atoms with van der Waals surface area (Å²) in [5, 5.41) is 5.20. The first kappa shape index (κ1) is 16.0. The van der Waals surface area contributed by atoms with Gasteiger partial charge in [0.25, 0.3) is 5.91 Å². The monoisotopic (exact) mass is 310 g/mol. The molecule has 116 valence electrons. The van der Waals surface area contributed by atoms with Crippen molar-refractivity contribution in [3.05, 3.63) is 29.8 Å². The molecular weight excluding hydrogens is 288 g/mol. The van der Waals surface area contributed by atoms with E-state index in [9.17, 15) is 13.2 Å². The molecule has 0 aliphatic carbocycles. The fourth-order valence-electron chi connectivity index (χ4n) is 2.84. The molecule has 6 heteroatoms. The first-order valence-corrected chi connectivity index (χ1v) is 8.89. The van der Waals surface area contributed by atoms with E-state index in [4.69, 9.17) is 5.14 Å². The molecule has 0 spiro atoms. The highest BCUT2D eigenvalue weighted by molar-refractivity contribution is 7.89. The molecule has 1 aromatic rings. The van der Waals surface area contributed by atoms with Gasteiger partial charge < -0.3 is 4.90 Å². The lowest BCUT2D eigenvalue weighted by atomic mass is 9.98. The Morgan fingerprint density at radius 3 is 2.67 bits per heavy atom. The minimum absolute atomic E-state index is 0.0914. The third-order valence-corrected chi connectivity index (χ3v) is 5.11. The molecule has 5 nitrogen and oxygen atoms in total. The average Bonchev–Trinajstić information content (AvgIpc) is 2.71. The summed E-state index contributed by atoms with van der Waals surface area (Å²) in [5.41, 5.74) is 0.176. The summed E-state index contributed by atoms with van der Waals surface area (Å²) in [6.45, 7) is 3.52. The Balaban J connectivity index is 2.25. The van der Waals surface area contributed by atoms with Gasteiger partial charge >= 0.3 is 0 Å². The van der Waals surface area contributed by atoms with Gasteiger partial charge in [0.05, 0.1) is 10.5 Å². The number of carbonyl (C=O) groups excluding carboxylic acids is 1. The normalized spacial score (nSPS) is 20.1. The van der Waals surface area contributed by atoms with Gasteiger partial charge in [-0.25, -0.2) is 13.6 Å². The van der Waals surface area contributed by atoms with Crippen LogP contribution in [0.3, 0.4) is 0 Å². The molecule has 1 unspecified atom stereocenters. The van der Waals surface area contributed by atoms with Gasteiger partial charge in [0.15, 0.2) is 0 Å². The number of nitrogens with two attached hydrogens (primary N) is 1. The zero-order chi connectivity index (χ0) is 15.5. The molecule has 1 fully saturated rings. The number of nitrogens with zero attached hydrogens (tertiary/aromatic N) is 1. The van der Waals surface area contributed by atoms with Crippen molar-refractivity contribution in [1.82, 2.24) is 4.90 Å². The fraction of sp³-hybridized carbons (Fsp3) is 0.533. The molecule has 2 N–H and O–H groups in total. The molecule has 1 amide bonds. The summed E-state index contributed by atoms with van der Waals surface area (Å²) in [6.07, 6.45) is 4.18. The molecule has 2 rings (SSSR count). The van der Waals surface area contributed by atoms with Crippen molar-refractivity contribution in [1.29, 1.82) is 0 Å². The minimum atomic E-state index is -3.89. The van der Waals surface area contributed by atoms with Gasteiger partial charge in [-0.3, -0.25) is 4.79 Å². The number of sulfonamides is 1. The van der Waals surface area contributed by atoms with Crippen molar-refractivity contribution in [3.63, 3.8) is 0 Å². The topological polar surface area (TPSA) is 80.5 Å². The third-order valence-electron chi connectivity index (χ3n) is 4.14. The predicted molar refractivity (Wildman–Crippen MR) is 81.4 cm³/mol. The molecule has 0 bridgehead atoms. The van der Waals surface area contributed by atoms with Crippen molar-refractivity contribution >= 4 is 15.9 Å². The maximum atomic E-state index is 12.6. The Morgan fingerprint density at radius 2 is 2.00 bits per heavy atom. The Bertz CT molecular complexity index is 613. The van der Waals surface area contributed by atoms with Crippen molar-refractivity contribution < 1.29 is 13.2 Å². The molecule has 1 aliphatic heterocycles. The Morgan fingerprint density at radius 1 is 1.29 bits per heavy atom. The van der Waals surface area contributed by atoms with E-state index in [1.807, 2.05) is 0 Å². The van der Waals surface area contributed by atoms with E-state index in [1.165, 1.54) is 12.1 Å². The molecule has 0 aromatic heterocycles. The zero-order valence-electron chi connectivity index (χ0n) is 12.3.